The van der Waals surface area contributed by atoms with Gasteiger partial charge in [0.05, 0.1) is 12.8 Å². The van der Waals surface area contributed by atoms with E-state index in [4.69, 9.17) is 4.74 Å². The SMILES string of the molecule is COc1ccccc1N1CCN(CCCCNC(=O)c2ccc3cc[nH]c3c2)CC1. The number of rotatable bonds is 8. The standard InChI is InChI=1S/C24H30N4O2/c1-30-23-7-3-2-6-22(23)28-16-14-27(15-17-28)13-5-4-11-26-24(29)20-9-8-19-10-12-25-21(19)18-20/h2-3,6-10,12,18,25H,4-5,11,13-17H2,1H3,(H,26,29). The highest BCUT2D eigenvalue weighted by Gasteiger charge is 2.19. The van der Waals surface area contributed by atoms with E-state index in [1.807, 2.05) is 42.6 Å². The zero-order chi connectivity index (χ0) is 20.8. The van der Waals surface area contributed by atoms with Crippen molar-refractivity contribution in [3.05, 3.63) is 60.3 Å². The number of unbranched alkanes of at least 4 members (excludes halogenated alkanes) is 1. The van der Waals surface area contributed by atoms with Crippen molar-refractivity contribution in [2.45, 2.75) is 12.8 Å². The number of carbonyl (C=O) groups excluding carboxylic acids is 1. The lowest BCUT2D eigenvalue weighted by Gasteiger charge is -2.36. The molecule has 1 aliphatic heterocycles. The fraction of sp³-hybridized carbons (Fsp3) is 0.375. The molecular weight excluding hydrogens is 376 g/mol. The number of amides is 1. The Balaban J connectivity index is 1.15. The van der Waals surface area contributed by atoms with Crippen LogP contribution in [0.1, 0.15) is 23.2 Å². The van der Waals surface area contributed by atoms with Gasteiger partial charge in [0.15, 0.2) is 0 Å². The van der Waals surface area contributed by atoms with Crippen molar-refractivity contribution < 1.29 is 9.53 Å². The van der Waals surface area contributed by atoms with E-state index in [1.54, 1.807) is 7.11 Å². The van der Waals surface area contributed by atoms with Crippen LogP contribution in [0.15, 0.2) is 54.7 Å². The van der Waals surface area contributed by atoms with Crippen LogP contribution in [0.3, 0.4) is 0 Å². The van der Waals surface area contributed by atoms with Gasteiger partial charge in [-0.15, -0.1) is 0 Å². The van der Waals surface area contributed by atoms with Gasteiger partial charge in [-0.25, -0.2) is 0 Å². The van der Waals surface area contributed by atoms with Gasteiger partial charge in [-0.3, -0.25) is 9.69 Å². The number of ether oxygens (including phenoxy) is 1. The maximum absolute atomic E-state index is 12.3. The third-order valence-corrected chi connectivity index (χ3v) is 5.80. The third kappa shape index (κ3) is 4.76. The van der Waals surface area contributed by atoms with E-state index < -0.39 is 0 Å². The molecule has 0 bridgehead atoms. The summed E-state index contributed by atoms with van der Waals surface area (Å²) in [6.45, 7) is 5.92. The van der Waals surface area contributed by atoms with Gasteiger partial charge < -0.3 is 19.9 Å². The fourth-order valence-electron chi connectivity index (χ4n) is 4.06. The summed E-state index contributed by atoms with van der Waals surface area (Å²) in [4.78, 5) is 20.4. The summed E-state index contributed by atoms with van der Waals surface area (Å²) in [6, 6.07) is 16.0. The summed E-state index contributed by atoms with van der Waals surface area (Å²) >= 11 is 0. The molecule has 2 aromatic carbocycles. The molecular formula is C24H30N4O2. The van der Waals surface area contributed by atoms with Gasteiger partial charge in [0.1, 0.15) is 5.75 Å². The van der Waals surface area contributed by atoms with Crippen molar-refractivity contribution in [3.8, 4) is 5.75 Å². The van der Waals surface area contributed by atoms with Gasteiger partial charge in [-0.2, -0.15) is 0 Å². The number of para-hydroxylation sites is 2. The van der Waals surface area contributed by atoms with Crippen molar-refractivity contribution in [1.82, 2.24) is 15.2 Å². The minimum Gasteiger partial charge on any atom is -0.495 e. The topological polar surface area (TPSA) is 60.6 Å². The second-order valence-electron chi connectivity index (χ2n) is 7.74. The molecule has 0 aliphatic carbocycles. The molecule has 0 spiro atoms. The van der Waals surface area contributed by atoms with Crippen LogP contribution in [-0.4, -0.2) is 62.2 Å². The molecule has 1 amide bonds. The number of piperazine rings is 1. The van der Waals surface area contributed by atoms with Gasteiger partial charge in [0, 0.05) is 50.0 Å². The average molecular weight is 407 g/mol. The highest BCUT2D eigenvalue weighted by molar-refractivity contribution is 5.97. The lowest BCUT2D eigenvalue weighted by molar-refractivity contribution is 0.0952. The van der Waals surface area contributed by atoms with E-state index >= 15 is 0 Å². The van der Waals surface area contributed by atoms with Crippen LogP contribution in [0, 0.1) is 0 Å². The van der Waals surface area contributed by atoms with Crippen LogP contribution in [0.2, 0.25) is 0 Å². The number of carbonyl (C=O) groups is 1. The first kappa shape index (κ1) is 20.3. The molecule has 0 saturated carbocycles. The second-order valence-corrected chi connectivity index (χ2v) is 7.74. The third-order valence-electron chi connectivity index (χ3n) is 5.80. The predicted molar refractivity (Wildman–Crippen MR) is 122 cm³/mol. The minimum absolute atomic E-state index is 0.00285. The van der Waals surface area contributed by atoms with E-state index in [2.05, 4.69) is 32.2 Å². The normalized spacial score (nSPS) is 14.8. The number of hydrogen-bond donors (Lipinski definition) is 2. The van der Waals surface area contributed by atoms with E-state index in [-0.39, 0.29) is 5.91 Å². The molecule has 6 nitrogen and oxygen atoms in total. The van der Waals surface area contributed by atoms with Crippen LogP contribution >= 0.6 is 0 Å². The minimum atomic E-state index is -0.00285. The molecule has 1 aromatic heterocycles. The lowest BCUT2D eigenvalue weighted by Crippen LogP contribution is -2.46. The first-order valence-electron chi connectivity index (χ1n) is 10.7. The number of methoxy groups -OCH3 is 1. The Hall–Kier alpha value is -2.99. The first-order valence-corrected chi connectivity index (χ1v) is 10.7. The maximum Gasteiger partial charge on any atom is 0.251 e. The smallest absolute Gasteiger partial charge is 0.251 e. The second kappa shape index (κ2) is 9.67. The summed E-state index contributed by atoms with van der Waals surface area (Å²) in [5.41, 5.74) is 2.88. The zero-order valence-electron chi connectivity index (χ0n) is 17.6. The Morgan fingerprint density at radius 1 is 1.07 bits per heavy atom. The number of nitrogens with zero attached hydrogens (tertiary/aromatic N) is 2. The molecule has 1 saturated heterocycles. The Morgan fingerprint density at radius 2 is 1.90 bits per heavy atom. The number of anilines is 1. The van der Waals surface area contributed by atoms with Crippen molar-refractivity contribution in [3.63, 3.8) is 0 Å². The number of benzene rings is 2. The molecule has 1 aliphatic rings. The molecule has 2 heterocycles. The zero-order valence-corrected chi connectivity index (χ0v) is 17.6. The summed E-state index contributed by atoms with van der Waals surface area (Å²) in [7, 11) is 1.73. The van der Waals surface area contributed by atoms with Crippen LogP contribution in [0.25, 0.3) is 10.9 Å². The maximum atomic E-state index is 12.3. The van der Waals surface area contributed by atoms with Crippen LogP contribution < -0.4 is 15.0 Å². The molecule has 158 valence electrons. The van der Waals surface area contributed by atoms with E-state index in [0.717, 1.165) is 62.2 Å². The highest BCUT2D eigenvalue weighted by atomic mass is 16.5. The first-order chi connectivity index (χ1) is 14.7. The number of nitrogens with one attached hydrogen (secondary N) is 2. The lowest BCUT2D eigenvalue weighted by atomic mass is 10.1. The number of aromatic amines is 1. The van der Waals surface area contributed by atoms with Crippen molar-refractivity contribution in [2.24, 2.45) is 0 Å². The van der Waals surface area contributed by atoms with E-state index in [9.17, 15) is 4.79 Å². The molecule has 2 N–H and O–H groups in total. The quantitative estimate of drug-likeness (QED) is 0.562. The largest absolute Gasteiger partial charge is 0.495 e. The van der Waals surface area contributed by atoms with E-state index in [0.29, 0.717) is 12.1 Å². The average Bonchev–Trinajstić information content (AvgIpc) is 3.27. The molecule has 3 aromatic rings. The Labute approximate surface area is 177 Å². The Morgan fingerprint density at radius 3 is 2.73 bits per heavy atom. The number of H-pyrrole nitrogens is 1. The summed E-state index contributed by atoms with van der Waals surface area (Å²) < 4.78 is 5.49. The number of aromatic nitrogens is 1. The fourth-order valence-corrected chi connectivity index (χ4v) is 4.06. The summed E-state index contributed by atoms with van der Waals surface area (Å²) in [5.74, 6) is 0.939. The summed E-state index contributed by atoms with van der Waals surface area (Å²) in [5, 5.41) is 4.16. The van der Waals surface area contributed by atoms with Crippen molar-refractivity contribution >= 4 is 22.5 Å². The van der Waals surface area contributed by atoms with E-state index in [1.165, 1.54) is 5.69 Å². The molecule has 0 atom stereocenters. The highest BCUT2D eigenvalue weighted by Crippen LogP contribution is 2.28. The van der Waals surface area contributed by atoms with Crippen LogP contribution in [-0.2, 0) is 0 Å². The molecule has 4 rings (SSSR count). The number of hydrogen-bond acceptors (Lipinski definition) is 4. The molecule has 1 fully saturated rings. The molecule has 0 unspecified atom stereocenters. The number of fused-ring (bicyclic) bond motifs is 1. The Bertz CT molecular complexity index is 976. The van der Waals surface area contributed by atoms with Gasteiger partial charge in [0.2, 0.25) is 0 Å². The molecule has 30 heavy (non-hydrogen) atoms. The predicted octanol–water partition coefficient (Wildman–Crippen LogP) is 3.51. The van der Waals surface area contributed by atoms with Gasteiger partial charge in [-0.1, -0.05) is 18.2 Å². The summed E-state index contributed by atoms with van der Waals surface area (Å²) in [6.07, 6.45) is 3.97. The van der Waals surface area contributed by atoms with Crippen molar-refractivity contribution in [2.75, 3.05) is 51.3 Å². The van der Waals surface area contributed by atoms with Crippen molar-refractivity contribution in [1.29, 1.82) is 0 Å². The van der Waals surface area contributed by atoms with Gasteiger partial charge >= 0.3 is 0 Å². The monoisotopic (exact) mass is 406 g/mol. The van der Waals surface area contributed by atoms with Gasteiger partial charge in [0.25, 0.3) is 5.91 Å². The van der Waals surface area contributed by atoms with Crippen LogP contribution in [0.5, 0.6) is 5.75 Å². The van der Waals surface area contributed by atoms with Crippen LogP contribution in [0.4, 0.5) is 5.69 Å². The molecule has 6 heteroatoms. The Kier molecular flexibility index (Phi) is 6.54. The van der Waals surface area contributed by atoms with Gasteiger partial charge in [-0.05, 0) is 55.1 Å². The molecule has 0 radical (unpaired) electrons.